The van der Waals surface area contributed by atoms with Crippen molar-refractivity contribution >= 4 is 95.5 Å². The van der Waals surface area contributed by atoms with Crippen molar-refractivity contribution in [2.45, 2.75) is 184 Å². The van der Waals surface area contributed by atoms with Crippen molar-refractivity contribution in [3.05, 3.63) is 44.5 Å². The first-order chi connectivity index (χ1) is 30.7. The van der Waals surface area contributed by atoms with E-state index in [0.717, 1.165) is 42.4 Å². The number of benzene rings is 2. The van der Waals surface area contributed by atoms with Crippen molar-refractivity contribution in [2.75, 3.05) is 19.8 Å². The number of hydrogen-bond acceptors (Lipinski definition) is 7. The zero-order chi connectivity index (χ0) is 44.7. The Balaban J connectivity index is 1.43. The Morgan fingerprint density at radius 3 is 1.62 bits per heavy atom. The van der Waals surface area contributed by atoms with Gasteiger partial charge >= 0.3 is 348 Å². The van der Waals surface area contributed by atoms with E-state index >= 15 is 0 Å². The number of aryl methyl sites for hydroxylation is 2. The van der Waals surface area contributed by atoms with Gasteiger partial charge in [0.2, 0.25) is 0 Å². The van der Waals surface area contributed by atoms with Gasteiger partial charge in [-0.05, 0) is 0 Å². The molecule has 6 aromatic rings. The Kier molecular flexibility index (Phi) is 20.3. The summed E-state index contributed by atoms with van der Waals surface area (Å²) in [6, 6.07) is 11.7. The fraction of sp³-hybridized carbons (Fsp3) is 0.618. The average molecular weight is 978 g/mol. The molecule has 6 rings (SSSR count). The third-order valence-electron chi connectivity index (χ3n) is 13.2. The van der Waals surface area contributed by atoms with Crippen LogP contribution in [0, 0.1) is 31.6 Å². The Morgan fingerprint density at radius 2 is 1.06 bits per heavy atom. The van der Waals surface area contributed by atoms with Gasteiger partial charge in [0.15, 0.2) is 0 Å². The summed E-state index contributed by atoms with van der Waals surface area (Å²) in [4.78, 5) is 16.8. The van der Waals surface area contributed by atoms with E-state index in [2.05, 4.69) is 85.7 Å². The summed E-state index contributed by atoms with van der Waals surface area (Å²) >= 11 is 5.57. The van der Waals surface area contributed by atoms with E-state index in [4.69, 9.17) is 14.2 Å². The molecule has 0 spiro atoms. The standard InChI is InChI=1S/C55H78O4S3Se/c1-9-15-20-22-27-40(25-18-12-4)35-57-51-43-31-48-45(52(42(43)30-47-44(51)29-37(7)60-47)58-36-41(26-19-13-5)28-23-21-16-10-2)32-49(61-48)54-46-33-50(62-53(46)38(8)63-54)55(56)59-34-39(14-6)24-17-11-3/h29-33,39-41H,9-28,34-36H2,1-8H3. The predicted molar refractivity (Wildman–Crippen MR) is 280 cm³/mol. The second kappa shape index (κ2) is 25.5. The summed E-state index contributed by atoms with van der Waals surface area (Å²) < 4.78 is 27.0. The molecule has 0 amide bonds. The molecule has 0 N–H and O–H groups in total. The molecule has 3 unspecified atom stereocenters. The van der Waals surface area contributed by atoms with Crippen LogP contribution >= 0.6 is 34.0 Å². The number of carbonyl (C=O) groups excluding carboxylic acids is 1. The monoisotopic (exact) mass is 978 g/mol. The molecular formula is C55H78O4S3Se. The second-order valence-electron chi connectivity index (χ2n) is 18.5. The minimum atomic E-state index is -0.171. The fourth-order valence-electron chi connectivity index (χ4n) is 9.26. The zero-order valence-corrected chi connectivity index (χ0v) is 44.3. The Morgan fingerprint density at radius 1 is 0.540 bits per heavy atom. The van der Waals surface area contributed by atoms with Gasteiger partial charge < -0.3 is 0 Å². The van der Waals surface area contributed by atoms with Crippen molar-refractivity contribution in [3.8, 4) is 20.8 Å². The van der Waals surface area contributed by atoms with Gasteiger partial charge in [0.25, 0.3) is 0 Å². The summed E-state index contributed by atoms with van der Waals surface area (Å²) in [5, 5.41) is 6.03. The van der Waals surface area contributed by atoms with Crippen molar-refractivity contribution in [3.63, 3.8) is 0 Å². The molecule has 0 saturated heterocycles. The van der Waals surface area contributed by atoms with Crippen molar-refractivity contribution in [1.29, 1.82) is 0 Å². The van der Waals surface area contributed by atoms with Crippen LogP contribution in [0.4, 0.5) is 0 Å². The Bertz CT molecular complexity index is 2330. The van der Waals surface area contributed by atoms with Gasteiger partial charge in [-0.25, -0.2) is 0 Å². The predicted octanol–water partition coefficient (Wildman–Crippen LogP) is 18.5. The first-order valence-corrected chi connectivity index (χ1v) is 29.3. The molecule has 346 valence electrons. The number of carbonyl (C=O) groups is 1. The van der Waals surface area contributed by atoms with E-state index in [1.807, 2.05) is 22.7 Å². The molecule has 63 heavy (non-hydrogen) atoms. The molecule has 0 saturated carbocycles. The summed E-state index contributed by atoms with van der Waals surface area (Å²) in [7, 11) is 0. The molecule has 8 heteroatoms. The number of hydrogen-bond donors (Lipinski definition) is 0. The quantitative estimate of drug-likeness (QED) is 0.0256. The molecule has 0 bridgehead atoms. The fourth-order valence-corrected chi connectivity index (χ4v) is 15.3. The molecule has 4 heterocycles. The molecular weight excluding hydrogens is 900 g/mol. The average Bonchev–Trinajstić information content (AvgIpc) is 4.08. The summed E-state index contributed by atoms with van der Waals surface area (Å²) in [5.74, 6) is 3.41. The first kappa shape index (κ1) is 50.1. The molecule has 0 fully saturated rings. The topological polar surface area (TPSA) is 44.8 Å². The van der Waals surface area contributed by atoms with E-state index in [1.54, 1.807) is 11.3 Å². The van der Waals surface area contributed by atoms with Crippen LogP contribution < -0.4 is 9.47 Å². The number of thiophene rings is 3. The van der Waals surface area contributed by atoms with Gasteiger partial charge in [0.1, 0.15) is 0 Å². The van der Waals surface area contributed by atoms with Crippen LogP contribution in [0.1, 0.15) is 189 Å². The third kappa shape index (κ3) is 13.2. The molecule has 0 aliphatic rings. The van der Waals surface area contributed by atoms with Gasteiger partial charge in [-0.15, -0.1) is 0 Å². The van der Waals surface area contributed by atoms with Crippen LogP contribution in [0.15, 0.2) is 30.3 Å². The molecule has 4 aromatic heterocycles. The van der Waals surface area contributed by atoms with Crippen LogP contribution in [-0.2, 0) is 4.74 Å². The van der Waals surface area contributed by atoms with E-state index < -0.39 is 0 Å². The molecule has 0 aliphatic heterocycles. The number of esters is 1. The molecule has 2 aromatic carbocycles. The Hall–Kier alpha value is -2.35. The van der Waals surface area contributed by atoms with E-state index in [0.29, 0.717) is 24.4 Å². The van der Waals surface area contributed by atoms with E-state index in [9.17, 15) is 4.79 Å². The minimum absolute atomic E-state index is 0.171. The van der Waals surface area contributed by atoms with Crippen LogP contribution in [0.5, 0.6) is 11.5 Å². The normalized spacial score (nSPS) is 13.5. The van der Waals surface area contributed by atoms with E-state index in [-0.39, 0.29) is 20.5 Å². The van der Waals surface area contributed by atoms with Crippen LogP contribution in [-0.4, -0.2) is 40.3 Å². The molecule has 3 atom stereocenters. The Labute approximate surface area is 398 Å². The van der Waals surface area contributed by atoms with Crippen molar-refractivity contribution < 1.29 is 19.0 Å². The molecule has 4 nitrogen and oxygen atoms in total. The van der Waals surface area contributed by atoms with Crippen molar-refractivity contribution in [1.82, 2.24) is 0 Å². The maximum absolute atomic E-state index is 13.5. The molecule has 0 radical (unpaired) electrons. The maximum atomic E-state index is 13.5. The van der Waals surface area contributed by atoms with Gasteiger partial charge in [0.05, 0.1) is 0 Å². The first-order valence-electron chi connectivity index (χ1n) is 25.1. The zero-order valence-electron chi connectivity index (χ0n) is 40.1. The number of fused-ring (bicyclic) bond motifs is 4. The van der Waals surface area contributed by atoms with Gasteiger partial charge in [-0.1, -0.05) is 52.9 Å². The van der Waals surface area contributed by atoms with E-state index in [1.165, 1.54) is 175 Å². The summed E-state index contributed by atoms with van der Waals surface area (Å²) in [6.45, 7) is 20.2. The number of unbranched alkanes of at least 4 members (excludes halogenated alkanes) is 9. The SMILES string of the molecule is CCCCCCC(CCCC)COc1c2cc(C)sc2cc2c(OCC(CCCC)CCCCCC)c3cc(-c4[se]c(C)c5sc(C(=O)OCC(CC)CCCC)cc45)sc3cc12. The molecule has 0 aliphatic carbocycles. The number of rotatable bonds is 30. The third-order valence-corrected chi connectivity index (χ3v) is 19.6. The van der Waals surface area contributed by atoms with Crippen molar-refractivity contribution in [2.24, 2.45) is 17.8 Å². The summed E-state index contributed by atoms with van der Waals surface area (Å²) in [5.41, 5.74) is 0. The van der Waals surface area contributed by atoms with Crippen LogP contribution in [0.25, 0.3) is 50.3 Å². The summed E-state index contributed by atoms with van der Waals surface area (Å²) in [6.07, 6.45) is 24.7. The van der Waals surface area contributed by atoms with Gasteiger partial charge in [0, 0.05) is 0 Å². The van der Waals surface area contributed by atoms with Gasteiger partial charge in [-0.3, -0.25) is 0 Å². The van der Waals surface area contributed by atoms with Crippen LogP contribution in [0.3, 0.4) is 0 Å². The second-order valence-corrected chi connectivity index (χ2v) is 24.5. The van der Waals surface area contributed by atoms with Crippen LogP contribution in [0.2, 0.25) is 0 Å². The van der Waals surface area contributed by atoms with Gasteiger partial charge in [-0.2, -0.15) is 0 Å². The number of ether oxygens (including phenoxy) is 3.